The minimum absolute atomic E-state index is 0.120. The maximum atomic E-state index is 12.3. The van der Waals surface area contributed by atoms with Crippen molar-refractivity contribution >= 4 is 34.0 Å². The van der Waals surface area contributed by atoms with Gasteiger partial charge in [-0.1, -0.05) is 30.3 Å². The van der Waals surface area contributed by atoms with Crippen molar-refractivity contribution in [2.45, 2.75) is 0 Å². The van der Waals surface area contributed by atoms with Crippen molar-refractivity contribution in [3.05, 3.63) is 81.0 Å². The number of hydrogen-bond donors (Lipinski definition) is 1. The Balaban J connectivity index is 1.76. The fraction of sp³-hybridized carbons (Fsp3) is 0. The van der Waals surface area contributed by atoms with Gasteiger partial charge in [-0.05, 0) is 35.9 Å². The summed E-state index contributed by atoms with van der Waals surface area (Å²) >= 11 is 1.27. The SMILES string of the molecule is N#CC(=Cc1cccc(O)c1)c1nc(-c2cc3ccccc3oc2=O)cs1. The molecule has 0 saturated carbocycles. The molecule has 0 amide bonds. The molecule has 130 valence electrons. The van der Waals surface area contributed by atoms with E-state index in [1.165, 1.54) is 11.3 Å². The quantitative estimate of drug-likeness (QED) is 0.416. The number of benzene rings is 2. The van der Waals surface area contributed by atoms with Gasteiger partial charge in [0.05, 0.1) is 16.8 Å². The number of allylic oxidation sites excluding steroid dienone is 1. The zero-order chi connectivity index (χ0) is 18.8. The number of thiazole rings is 1. The van der Waals surface area contributed by atoms with Gasteiger partial charge in [0, 0.05) is 10.8 Å². The van der Waals surface area contributed by atoms with E-state index in [9.17, 15) is 15.2 Å². The molecule has 4 aromatic rings. The molecule has 2 aromatic carbocycles. The first-order valence-electron chi connectivity index (χ1n) is 8.04. The first-order chi connectivity index (χ1) is 13.1. The molecule has 2 heterocycles. The molecule has 27 heavy (non-hydrogen) atoms. The van der Waals surface area contributed by atoms with Crippen LogP contribution in [0.5, 0.6) is 5.75 Å². The fourth-order valence-electron chi connectivity index (χ4n) is 2.68. The number of fused-ring (bicyclic) bond motifs is 1. The van der Waals surface area contributed by atoms with Gasteiger partial charge >= 0.3 is 5.63 Å². The monoisotopic (exact) mass is 372 g/mol. The van der Waals surface area contributed by atoms with Gasteiger partial charge in [0.2, 0.25) is 0 Å². The molecule has 0 radical (unpaired) electrons. The van der Waals surface area contributed by atoms with E-state index in [2.05, 4.69) is 11.1 Å². The second-order valence-corrected chi connectivity index (χ2v) is 6.65. The topological polar surface area (TPSA) is 87.1 Å². The van der Waals surface area contributed by atoms with E-state index in [-0.39, 0.29) is 5.75 Å². The van der Waals surface area contributed by atoms with Crippen LogP contribution in [0.15, 0.2) is 69.2 Å². The van der Waals surface area contributed by atoms with Gasteiger partial charge < -0.3 is 9.52 Å². The summed E-state index contributed by atoms with van der Waals surface area (Å²) in [5.74, 6) is 0.120. The van der Waals surface area contributed by atoms with Crippen molar-refractivity contribution in [2.24, 2.45) is 0 Å². The Bertz CT molecular complexity index is 1280. The highest BCUT2D eigenvalue weighted by Crippen LogP contribution is 2.27. The number of rotatable bonds is 3. The number of nitrogens with zero attached hydrogens (tertiary/aromatic N) is 2. The summed E-state index contributed by atoms with van der Waals surface area (Å²) in [7, 11) is 0. The summed E-state index contributed by atoms with van der Waals surface area (Å²) in [5, 5.41) is 22.1. The third kappa shape index (κ3) is 3.36. The molecule has 4 rings (SSSR count). The largest absolute Gasteiger partial charge is 0.508 e. The number of phenolic OH excluding ortho intramolecular Hbond substituents is 1. The Morgan fingerprint density at radius 2 is 2.04 bits per heavy atom. The Labute approximate surface area is 158 Å². The summed E-state index contributed by atoms with van der Waals surface area (Å²) in [4.78, 5) is 16.7. The van der Waals surface area contributed by atoms with Crippen molar-refractivity contribution in [2.75, 3.05) is 0 Å². The molecule has 0 saturated heterocycles. The van der Waals surface area contributed by atoms with E-state index in [0.717, 1.165) is 5.39 Å². The second kappa shape index (κ2) is 6.90. The number of aromatic nitrogens is 1. The number of aromatic hydroxyl groups is 1. The van der Waals surface area contributed by atoms with Crippen LogP contribution in [0.4, 0.5) is 0 Å². The van der Waals surface area contributed by atoms with Gasteiger partial charge in [-0.2, -0.15) is 5.26 Å². The van der Waals surface area contributed by atoms with E-state index < -0.39 is 5.63 Å². The van der Waals surface area contributed by atoms with Gasteiger partial charge in [-0.3, -0.25) is 0 Å². The zero-order valence-electron chi connectivity index (χ0n) is 13.9. The molecule has 0 aliphatic rings. The Morgan fingerprint density at radius 1 is 1.19 bits per heavy atom. The average molecular weight is 372 g/mol. The van der Waals surface area contributed by atoms with Gasteiger partial charge in [0.25, 0.3) is 0 Å². The predicted octanol–water partition coefficient (Wildman–Crippen LogP) is 4.69. The minimum atomic E-state index is -0.471. The Morgan fingerprint density at radius 3 is 2.85 bits per heavy atom. The first-order valence-corrected chi connectivity index (χ1v) is 8.92. The molecule has 6 heteroatoms. The molecule has 5 nitrogen and oxygen atoms in total. The fourth-order valence-corrected chi connectivity index (χ4v) is 3.47. The van der Waals surface area contributed by atoms with Crippen LogP contribution in [0.3, 0.4) is 0 Å². The molecule has 0 spiro atoms. The molecular weight excluding hydrogens is 360 g/mol. The number of phenols is 1. The van der Waals surface area contributed by atoms with E-state index in [1.54, 1.807) is 53.9 Å². The van der Waals surface area contributed by atoms with Crippen LogP contribution in [0.2, 0.25) is 0 Å². The van der Waals surface area contributed by atoms with Crippen LogP contribution in [-0.4, -0.2) is 10.1 Å². The summed E-state index contributed by atoms with van der Waals surface area (Å²) < 4.78 is 5.35. The molecule has 1 N–H and O–H groups in total. The standard InChI is InChI=1S/C21H12N2O3S/c22-11-15(8-13-4-3-6-16(24)9-13)20-23-18(12-27-20)17-10-14-5-1-2-7-19(14)26-21(17)25/h1-10,12,24H. The predicted molar refractivity (Wildman–Crippen MR) is 105 cm³/mol. The van der Waals surface area contributed by atoms with Crippen LogP contribution in [-0.2, 0) is 0 Å². The number of nitriles is 1. The minimum Gasteiger partial charge on any atom is -0.508 e. The van der Waals surface area contributed by atoms with Crippen molar-refractivity contribution < 1.29 is 9.52 Å². The van der Waals surface area contributed by atoms with Gasteiger partial charge in [-0.25, -0.2) is 9.78 Å². The molecule has 0 unspecified atom stereocenters. The smallest absolute Gasteiger partial charge is 0.345 e. The summed E-state index contributed by atoms with van der Waals surface area (Å²) in [5.41, 5.74) is 1.90. The average Bonchev–Trinajstić information content (AvgIpc) is 3.15. The third-order valence-electron chi connectivity index (χ3n) is 3.95. The Kier molecular flexibility index (Phi) is 4.29. The lowest BCUT2D eigenvalue weighted by atomic mass is 10.1. The van der Waals surface area contributed by atoms with Crippen LogP contribution >= 0.6 is 11.3 Å². The van der Waals surface area contributed by atoms with Crippen molar-refractivity contribution in [1.82, 2.24) is 4.98 Å². The maximum Gasteiger partial charge on any atom is 0.345 e. The molecule has 0 atom stereocenters. The molecular formula is C21H12N2O3S. The van der Waals surface area contributed by atoms with Crippen molar-refractivity contribution in [3.8, 4) is 23.1 Å². The van der Waals surface area contributed by atoms with Crippen LogP contribution in [0.25, 0.3) is 33.9 Å². The highest BCUT2D eigenvalue weighted by molar-refractivity contribution is 7.11. The lowest BCUT2D eigenvalue weighted by Crippen LogP contribution is -2.02. The van der Waals surface area contributed by atoms with E-state index in [1.807, 2.05) is 12.1 Å². The zero-order valence-corrected chi connectivity index (χ0v) is 14.7. The summed E-state index contributed by atoms with van der Waals surface area (Å²) in [6.45, 7) is 0. The summed E-state index contributed by atoms with van der Waals surface area (Å²) in [6, 6.07) is 17.7. The maximum absolute atomic E-state index is 12.3. The van der Waals surface area contributed by atoms with Crippen molar-refractivity contribution in [1.29, 1.82) is 5.26 Å². The first kappa shape index (κ1) is 16.8. The third-order valence-corrected chi connectivity index (χ3v) is 4.83. The second-order valence-electron chi connectivity index (χ2n) is 5.79. The lowest BCUT2D eigenvalue weighted by Gasteiger charge is -1.99. The van der Waals surface area contributed by atoms with Gasteiger partial charge in [0.15, 0.2) is 0 Å². The van der Waals surface area contributed by atoms with Crippen LogP contribution < -0.4 is 5.63 Å². The summed E-state index contributed by atoms with van der Waals surface area (Å²) in [6.07, 6.45) is 1.64. The number of para-hydroxylation sites is 1. The van der Waals surface area contributed by atoms with E-state index in [4.69, 9.17) is 4.42 Å². The normalized spacial score (nSPS) is 11.4. The van der Waals surface area contributed by atoms with E-state index in [0.29, 0.717) is 33.0 Å². The number of hydrogen-bond acceptors (Lipinski definition) is 6. The molecule has 0 aliphatic carbocycles. The highest BCUT2D eigenvalue weighted by atomic mass is 32.1. The molecule has 0 bridgehead atoms. The van der Waals surface area contributed by atoms with Crippen LogP contribution in [0, 0.1) is 11.3 Å². The molecule has 2 aromatic heterocycles. The lowest BCUT2D eigenvalue weighted by molar-refractivity contribution is 0.475. The van der Waals surface area contributed by atoms with Crippen molar-refractivity contribution in [3.63, 3.8) is 0 Å². The highest BCUT2D eigenvalue weighted by Gasteiger charge is 2.13. The van der Waals surface area contributed by atoms with Gasteiger partial charge in [0.1, 0.15) is 22.4 Å². The molecule has 0 fully saturated rings. The molecule has 0 aliphatic heterocycles. The van der Waals surface area contributed by atoms with Gasteiger partial charge in [-0.15, -0.1) is 11.3 Å². The Hall–Kier alpha value is -3.69. The van der Waals surface area contributed by atoms with Crippen LogP contribution in [0.1, 0.15) is 10.6 Å². The van der Waals surface area contributed by atoms with E-state index >= 15 is 0 Å².